The second-order valence-electron chi connectivity index (χ2n) is 5.53. The number of halogens is 1. The Morgan fingerprint density at radius 2 is 1.85 bits per heavy atom. The first kappa shape index (κ1) is 17.6. The molecule has 0 unspecified atom stereocenters. The quantitative estimate of drug-likeness (QED) is 0.845. The number of sulfonamides is 1. The fourth-order valence-corrected chi connectivity index (χ4v) is 4.72. The molecule has 0 spiro atoms. The van der Waals surface area contributed by atoms with Gasteiger partial charge in [-0.25, -0.2) is 8.42 Å². The molecule has 4 nitrogen and oxygen atoms in total. The summed E-state index contributed by atoms with van der Waals surface area (Å²) in [5, 5.41) is 0. The second kappa shape index (κ2) is 7.02. The topological polar surface area (TPSA) is 63.4 Å². The van der Waals surface area contributed by atoms with Crippen LogP contribution in [0.2, 0.25) is 0 Å². The highest BCUT2D eigenvalue weighted by molar-refractivity contribution is 9.10. The van der Waals surface area contributed by atoms with Gasteiger partial charge in [-0.3, -0.25) is 0 Å². The molecule has 1 aromatic carbocycles. The third-order valence-corrected chi connectivity index (χ3v) is 5.97. The molecular formula is C14H23BrN2O2S. The highest BCUT2D eigenvalue weighted by atomic mass is 79.9. The van der Waals surface area contributed by atoms with Crippen LogP contribution in [0.15, 0.2) is 27.6 Å². The molecule has 0 aliphatic carbocycles. The Morgan fingerprint density at radius 1 is 1.25 bits per heavy atom. The van der Waals surface area contributed by atoms with Crippen LogP contribution in [-0.2, 0) is 16.6 Å². The lowest BCUT2D eigenvalue weighted by Gasteiger charge is -2.28. The summed E-state index contributed by atoms with van der Waals surface area (Å²) in [4.78, 5) is 0.287. The Kier molecular flexibility index (Phi) is 6.19. The van der Waals surface area contributed by atoms with Gasteiger partial charge in [0.15, 0.2) is 0 Å². The van der Waals surface area contributed by atoms with Crippen LogP contribution in [0.5, 0.6) is 0 Å². The number of hydrogen-bond donors (Lipinski definition) is 1. The zero-order valence-corrected chi connectivity index (χ0v) is 14.8. The summed E-state index contributed by atoms with van der Waals surface area (Å²) in [5.74, 6) is 0.267. The number of benzene rings is 1. The van der Waals surface area contributed by atoms with E-state index in [2.05, 4.69) is 15.9 Å². The summed E-state index contributed by atoms with van der Waals surface area (Å²) >= 11 is 3.33. The van der Waals surface area contributed by atoms with Crippen molar-refractivity contribution in [2.24, 2.45) is 11.7 Å². The molecule has 2 N–H and O–H groups in total. The van der Waals surface area contributed by atoms with E-state index in [1.807, 2.05) is 33.8 Å². The molecule has 0 aromatic heterocycles. The first-order valence-corrected chi connectivity index (χ1v) is 8.93. The van der Waals surface area contributed by atoms with Crippen LogP contribution >= 0.6 is 15.9 Å². The minimum atomic E-state index is -3.53. The summed E-state index contributed by atoms with van der Waals surface area (Å²) in [5.41, 5.74) is 6.41. The van der Waals surface area contributed by atoms with Gasteiger partial charge < -0.3 is 5.73 Å². The van der Waals surface area contributed by atoms with Gasteiger partial charge in [0.25, 0.3) is 0 Å². The normalized spacial score (nSPS) is 12.7. The zero-order valence-electron chi connectivity index (χ0n) is 12.4. The Hall–Kier alpha value is -0.430. The summed E-state index contributed by atoms with van der Waals surface area (Å²) in [7, 11) is -3.53. The number of nitrogens with zero attached hydrogens (tertiary/aromatic N) is 1. The molecule has 114 valence electrons. The van der Waals surface area contributed by atoms with Crippen LogP contribution in [0, 0.1) is 5.92 Å². The molecular weight excluding hydrogens is 340 g/mol. The monoisotopic (exact) mass is 362 g/mol. The van der Waals surface area contributed by atoms with Gasteiger partial charge in [0.05, 0.1) is 4.90 Å². The van der Waals surface area contributed by atoms with E-state index in [1.165, 1.54) is 4.31 Å². The molecule has 0 saturated carbocycles. The summed E-state index contributed by atoms with van der Waals surface area (Å²) in [6.07, 6.45) is 0. The van der Waals surface area contributed by atoms with Crippen LogP contribution in [0.3, 0.4) is 0 Å². The maximum atomic E-state index is 12.9. The zero-order chi connectivity index (χ0) is 15.5. The molecule has 1 aromatic rings. The first-order chi connectivity index (χ1) is 9.20. The van der Waals surface area contributed by atoms with E-state index in [4.69, 9.17) is 5.73 Å². The first-order valence-electron chi connectivity index (χ1n) is 6.70. The molecule has 0 aliphatic heterocycles. The molecule has 0 fully saturated rings. The average molecular weight is 363 g/mol. The van der Waals surface area contributed by atoms with E-state index in [-0.39, 0.29) is 16.9 Å². The number of hydrogen-bond acceptors (Lipinski definition) is 3. The highest BCUT2D eigenvalue weighted by Crippen LogP contribution is 2.28. The van der Waals surface area contributed by atoms with Gasteiger partial charge in [-0.15, -0.1) is 0 Å². The van der Waals surface area contributed by atoms with Crippen molar-refractivity contribution in [3.8, 4) is 0 Å². The van der Waals surface area contributed by atoms with E-state index in [0.29, 0.717) is 17.6 Å². The van der Waals surface area contributed by atoms with Crippen LogP contribution < -0.4 is 5.73 Å². The van der Waals surface area contributed by atoms with Gasteiger partial charge in [-0.2, -0.15) is 4.31 Å². The highest BCUT2D eigenvalue weighted by Gasteiger charge is 2.29. The lowest BCUT2D eigenvalue weighted by atomic mass is 10.2. The molecule has 0 bridgehead atoms. The smallest absolute Gasteiger partial charge is 0.244 e. The second-order valence-corrected chi connectivity index (χ2v) is 8.24. The minimum Gasteiger partial charge on any atom is -0.326 e. The molecule has 0 radical (unpaired) electrons. The van der Waals surface area contributed by atoms with E-state index in [0.717, 1.165) is 5.56 Å². The standard InChI is InChI=1S/C14H23BrN2O2S/c1-10(2)9-17(11(3)4)20(18,19)14-7-12(8-16)5-6-13(14)15/h5-7,10-11H,8-9,16H2,1-4H3. The van der Waals surface area contributed by atoms with E-state index in [9.17, 15) is 8.42 Å². The van der Waals surface area contributed by atoms with Crippen molar-refractivity contribution < 1.29 is 8.42 Å². The van der Waals surface area contributed by atoms with Crippen molar-refractivity contribution in [2.45, 2.75) is 45.2 Å². The van der Waals surface area contributed by atoms with Gasteiger partial charge in [0, 0.05) is 23.6 Å². The predicted octanol–water partition coefficient (Wildman–Crippen LogP) is 2.96. The third-order valence-electron chi connectivity index (χ3n) is 2.94. The van der Waals surface area contributed by atoms with Crippen molar-refractivity contribution in [3.63, 3.8) is 0 Å². The van der Waals surface area contributed by atoms with Gasteiger partial charge in [-0.05, 0) is 53.4 Å². The Bertz CT molecular complexity index is 556. The molecule has 0 atom stereocenters. The molecule has 0 saturated heterocycles. The van der Waals surface area contributed by atoms with Gasteiger partial charge >= 0.3 is 0 Å². The van der Waals surface area contributed by atoms with E-state index in [1.54, 1.807) is 12.1 Å². The van der Waals surface area contributed by atoms with Gasteiger partial charge in [-0.1, -0.05) is 19.9 Å². The van der Waals surface area contributed by atoms with Gasteiger partial charge in [0.1, 0.15) is 0 Å². The maximum absolute atomic E-state index is 12.9. The molecule has 1 rings (SSSR count). The van der Waals surface area contributed by atoms with Crippen molar-refractivity contribution in [2.75, 3.05) is 6.54 Å². The van der Waals surface area contributed by atoms with Gasteiger partial charge in [0.2, 0.25) is 10.0 Å². The maximum Gasteiger partial charge on any atom is 0.244 e. The molecule has 0 amide bonds. The largest absolute Gasteiger partial charge is 0.326 e. The minimum absolute atomic E-state index is 0.0872. The fraction of sp³-hybridized carbons (Fsp3) is 0.571. The Balaban J connectivity index is 3.32. The third kappa shape index (κ3) is 4.04. The van der Waals surface area contributed by atoms with Crippen LogP contribution in [0.1, 0.15) is 33.3 Å². The average Bonchev–Trinajstić information content (AvgIpc) is 2.35. The number of nitrogens with two attached hydrogens (primary N) is 1. The molecule has 6 heteroatoms. The molecule has 0 heterocycles. The summed E-state index contributed by atoms with van der Waals surface area (Å²) in [6.45, 7) is 8.62. The van der Waals surface area contributed by atoms with Crippen molar-refractivity contribution >= 4 is 26.0 Å². The van der Waals surface area contributed by atoms with E-state index < -0.39 is 10.0 Å². The van der Waals surface area contributed by atoms with E-state index >= 15 is 0 Å². The fourth-order valence-electron chi connectivity index (χ4n) is 1.95. The SMILES string of the molecule is CC(C)CN(C(C)C)S(=O)(=O)c1cc(CN)ccc1Br. The van der Waals surface area contributed by atoms with Crippen LogP contribution in [0.25, 0.3) is 0 Å². The summed E-state index contributed by atoms with van der Waals surface area (Å²) < 4.78 is 27.8. The van der Waals surface area contributed by atoms with Crippen molar-refractivity contribution in [3.05, 3.63) is 28.2 Å². The summed E-state index contributed by atoms with van der Waals surface area (Å²) in [6, 6.07) is 5.12. The van der Waals surface area contributed by atoms with Crippen molar-refractivity contribution in [1.82, 2.24) is 4.31 Å². The van der Waals surface area contributed by atoms with Crippen molar-refractivity contribution in [1.29, 1.82) is 0 Å². The van der Waals surface area contributed by atoms with Crippen LogP contribution in [0.4, 0.5) is 0 Å². The molecule has 20 heavy (non-hydrogen) atoms. The lowest BCUT2D eigenvalue weighted by molar-refractivity contribution is 0.318. The predicted molar refractivity (Wildman–Crippen MR) is 85.9 cm³/mol. The van der Waals surface area contributed by atoms with Crippen LogP contribution in [-0.4, -0.2) is 25.3 Å². The lowest BCUT2D eigenvalue weighted by Crippen LogP contribution is -2.39. The Labute approximate surface area is 130 Å². The molecule has 0 aliphatic rings. The Morgan fingerprint density at radius 3 is 2.30 bits per heavy atom. The number of rotatable bonds is 6.